The largest absolute Gasteiger partial charge is 0.480 e. The maximum absolute atomic E-state index is 14.2. The van der Waals surface area contributed by atoms with E-state index >= 15 is 0 Å². The van der Waals surface area contributed by atoms with Crippen LogP contribution in [0.5, 0.6) is 0 Å². The number of hydrogen-bond donors (Lipinski definition) is 2. The van der Waals surface area contributed by atoms with Crippen molar-refractivity contribution in [2.45, 2.75) is 43.2 Å². The molecule has 152 valence electrons. The van der Waals surface area contributed by atoms with Crippen LogP contribution in [-0.4, -0.2) is 45.4 Å². The van der Waals surface area contributed by atoms with Crippen molar-refractivity contribution in [2.75, 3.05) is 19.8 Å². The van der Waals surface area contributed by atoms with Gasteiger partial charge >= 0.3 is 5.97 Å². The number of ether oxygens (including phenoxy) is 1. The van der Waals surface area contributed by atoms with Gasteiger partial charge in [-0.15, -0.1) is 0 Å². The van der Waals surface area contributed by atoms with Crippen LogP contribution in [0.1, 0.15) is 32.1 Å². The van der Waals surface area contributed by atoms with Gasteiger partial charge in [-0.25, -0.2) is 26.7 Å². The summed E-state index contributed by atoms with van der Waals surface area (Å²) < 4.78 is 59.1. The fourth-order valence-corrected chi connectivity index (χ4v) is 4.52. The molecule has 0 radical (unpaired) electrons. The van der Waals surface area contributed by atoms with Crippen molar-refractivity contribution in [1.82, 2.24) is 4.72 Å². The Kier molecular flexibility index (Phi) is 8.12. The summed E-state index contributed by atoms with van der Waals surface area (Å²) in [5, 5.41) is 8.48. The second-order valence-corrected chi connectivity index (χ2v) is 8.53. The number of halogens is 2. The summed E-state index contributed by atoms with van der Waals surface area (Å²) >= 11 is 0. The first-order valence-corrected chi connectivity index (χ1v) is 10.5. The lowest BCUT2D eigenvalue weighted by Gasteiger charge is -2.21. The molecule has 0 bridgehead atoms. The van der Waals surface area contributed by atoms with Gasteiger partial charge in [0.15, 0.2) is 0 Å². The molecule has 2 rings (SSSR count). The number of carboxylic acids is 1. The Morgan fingerprint density at radius 1 is 1.22 bits per heavy atom. The van der Waals surface area contributed by atoms with E-state index in [1.54, 1.807) is 0 Å². The second-order valence-electron chi connectivity index (χ2n) is 6.77. The van der Waals surface area contributed by atoms with Crippen LogP contribution in [0.2, 0.25) is 0 Å². The average Bonchev–Trinajstić information content (AvgIpc) is 2.96. The van der Waals surface area contributed by atoms with Crippen LogP contribution >= 0.6 is 0 Å². The van der Waals surface area contributed by atoms with Gasteiger partial charge in [-0.3, -0.25) is 0 Å². The van der Waals surface area contributed by atoms with Crippen LogP contribution in [0, 0.1) is 17.7 Å². The van der Waals surface area contributed by atoms with Gasteiger partial charge in [0.1, 0.15) is 18.6 Å². The first-order chi connectivity index (χ1) is 12.8. The van der Waals surface area contributed by atoms with Crippen LogP contribution in [0.3, 0.4) is 0 Å². The zero-order valence-electron chi connectivity index (χ0n) is 14.9. The number of sulfonamides is 1. The van der Waals surface area contributed by atoms with Crippen molar-refractivity contribution in [3.8, 4) is 0 Å². The quantitative estimate of drug-likeness (QED) is 0.552. The van der Waals surface area contributed by atoms with E-state index in [0.717, 1.165) is 12.1 Å². The molecule has 0 amide bonds. The summed E-state index contributed by atoms with van der Waals surface area (Å²) in [6.07, 6.45) is 1.96. The number of rotatable bonds is 11. The Balaban J connectivity index is 1.80. The van der Waals surface area contributed by atoms with Gasteiger partial charge in [-0.05, 0) is 61.8 Å². The van der Waals surface area contributed by atoms with Crippen LogP contribution in [0.25, 0.3) is 0 Å². The standard InChI is InChI=1S/C18H25F2NO5S/c19-14-5-7-15(8-6-14)27(24,25)21-11-13-4-9-17(20)16(13)3-1-2-10-26-12-18(22)23/h5-8,13,16-17,21H,1-4,9-12H2,(H,22,23)/t13-,16-,17-/m1/s1. The molecule has 1 saturated carbocycles. The maximum atomic E-state index is 14.2. The van der Waals surface area contributed by atoms with Crippen molar-refractivity contribution in [2.24, 2.45) is 11.8 Å². The Hall–Kier alpha value is -1.58. The number of nitrogens with one attached hydrogen (secondary N) is 1. The van der Waals surface area contributed by atoms with E-state index in [2.05, 4.69) is 4.72 Å². The fourth-order valence-electron chi connectivity index (χ4n) is 3.42. The number of benzene rings is 1. The Labute approximate surface area is 158 Å². The van der Waals surface area contributed by atoms with E-state index in [9.17, 15) is 22.0 Å². The topological polar surface area (TPSA) is 92.7 Å². The summed E-state index contributed by atoms with van der Waals surface area (Å²) in [7, 11) is -3.76. The Bertz CT molecular complexity index is 711. The molecule has 1 aliphatic carbocycles. The number of alkyl halides is 1. The van der Waals surface area contributed by atoms with Crippen LogP contribution in [0.15, 0.2) is 29.2 Å². The number of carboxylic acid groups (broad SMARTS) is 1. The predicted molar refractivity (Wildman–Crippen MR) is 95.0 cm³/mol. The van der Waals surface area contributed by atoms with Gasteiger partial charge < -0.3 is 9.84 Å². The van der Waals surface area contributed by atoms with Gasteiger partial charge in [0.25, 0.3) is 0 Å². The van der Waals surface area contributed by atoms with E-state index in [-0.39, 0.29) is 29.9 Å². The molecular weight excluding hydrogens is 380 g/mol. The van der Waals surface area contributed by atoms with Gasteiger partial charge in [0.05, 0.1) is 4.90 Å². The third-order valence-corrected chi connectivity index (χ3v) is 6.28. The third kappa shape index (κ3) is 6.82. The van der Waals surface area contributed by atoms with E-state index in [1.807, 2.05) is 0 Å². The van der Waals surface area contributed by atoms with Crippen molar-refractivity contribution >= 4 is 16.0 Å². The number of carbonyl (C=O) groups is 1. The van der Waals surface area contributed by atoms with Crippen molar-refractivity contribution in [3.63, 3.8) is 0 Å². The number of hydrogen-bond acceptors (Lipinski definition) is 4. The molecule has 2 N–H and O–H groups in total. The van der Waals surface area contributed by atoms with Gasteiger partial charge in [0, 0.05) is 13.2 Å². The third-order valence-electron chi connectivity index (χ3n) is 4.84. The molecule has 9 heteroatoms. The zero-order valence-corrected chi connectivity index (χ0v) is 15.8. The number of unbranched alkanes of at least 4 members (excludes halogenated alkanes) is 1. The molecule has 1 fully saturated rings. The van der Waals surface area contributed by atoms with Crippen LogP contribution < -0.4 is 4.72 Å². The molecule has 0 heterocycles. The van der Waals surface area contributed by atoms with Crippen LogP contribution in [-0.2, 0) is 19.6 Å². The highest BCUT2D eigenvalue weighted by Crippen LogP contribution is 2.37. The molecular formula is C18H25F2NO5S. The second kappa shape index (κ2) is 10.1. The van der Waals surface area contributed by atoms with E-state index in [1.165, 1.54) is 12.1 Å². The van der Waals surface area contributed by atoms with Gasteiger partial charge in [-0.1, -0.05) is 6.42 Å². The number of aliphatic carboxylic acids is 1. The van der Waals surface area contributed by atoms with E-state index in [4.69, 9.17) is 9.84 Å². The summed E-state index contributed by atoms with van der Waals surface area (Å²) in [5.74, 6) is -1.88. The smallest absolute Gasteiger partial charge is 0.329 e. The summed E-state index contributed by atoms with van der Waals surface area (Å²) in [6, 6.07) is 4.55. The summed E-state index contributed by atoms with van der Waals surface area (Å²) in [5.41, 5.74) is 0. The van der Waals surface area contributed by atoms with Gasteiger partial charge in [0.2, 0.25) is 10.0 Å². The predicted octanol–water partition coefficient (Wildman–Crippen LogP) is 2.74. The average molecular weight is 405 g/mol. The van der Waals surface area contributed by atoms with E-state index < -0.39 is 28.0 Å². The molecule has 6 nitrogen and oxygen atoms in total. The monoisotopic (exact) mass is 405 g/mol. The zero-order chi connectivity index (χ0) is 19.9. The molecule has 1 aromatic rings. The molecule has 27 heavy (non-hydrogen) atoms. The highest BCUT2D eigenvalue weighted by Gasteiger charge is 2.36. The highest BCUT2D eigenvalue weighted by atomic mass is 32.2. The van der Waals surface area contributed by atoms with E-state index in [0.29, 0.717) is 38.7 Å². The highest BCUT2D eigenvalue weighted by molar-refractivity contribution is 7.89. The van der Waals surface area contributed by atoms with Crippen molar-refractivity contribution < 1.29 is 31.8 Å². The fraction of sp³-hybridized carbons (Fsp3) is 0.611. The van der Waals surface area contributed by atoms with Gasteiger partial charge in [-0.2, -0.15) is 0 Å². The first kappa shape index (κ1) is 21.7. The lowest BCUT2D eigenvalue weighted by Crippen LogP contribution is -2.32. The lowest BCUT2D eigenvalue weighted by atomic mass is 9.90. The SMILES string of the molecule is O=C(O)COCCCC[C@@H]1[C@@H](CNS(=O)(=O)c2ccc(F)cc2)CC[C@H]1F. The minimum Gasteiger partial charge on any atom is -0.480 e. The minimum atomic E-state index is -3.76. The first-order valence-electron chi connectivity index (χ1n) is 8.98. The molecule has 0 saturated heterocycles. The lowest BCUT2D eigenvalue weighted by molar-refractivity contribution is -0.142. The summed E-state index contributed by atoms with van der Waals surface area (Å²) in [6.45, 7) is 0.0983. The molecule has 0 unspecified atom stereocenters. The molecule has 3 atom stereocenters. The Morgan fingerprint density at radius 3 is 2.59 bits per heavy atom. The van der Waals surface area contributed by atoms with Crippen molar-refractivity contribution in [1.29, 1.82) is 0 Å². The Morgan fingerprint density at radius 2 is 1.93 bits per heavy atom. The van der Waals surface area contributed by atoms with Crippen molar-refractivity contribution in [3.05, 3.63) is 30.1 Å². The summed E-state index contributed by atoms with van der Waals surface area (Å²) in [4.78, 5) is 10.3. The molecule has 0 aliphatic heterocycles. The maximum Gasteiger partial charge on any atom is 0.329 e. The minimum absolute atomic E-state index is 0.0224. The normalized spacial score (nSPS) is 22.8. The molecule has 1 aromatic carbocycles. The molecule has 0 aromatic heterocycles. The molecule has 0 spiro atoms. The molecule has 1 aliphatic rings. The van der Waals surface area contributed by atoms with Crippen LogP contribution in [0.4, 0.5) is 8.78 Å².